The fourth-order valence-electron chi connectivity index (χ4n) is 1.87. The first-order chi connectivity index (χ1) is 8.70. The Bertz CT molecular complexity index is 594. The fraction of sp³-hybridized carbons (Fsp3) is 0.143. The van der Waals surface area contributed by atoms with Crippen molar-refractivity contribution in [2.45, 2.75) is 13.0 Å². The van der Waals surface area contributed by atoms with Gasteiger partial charge in [0.1, 0.15) is 11.8 Å². The number of carboxylic acid groups (broad SMARTS) is 1. The third-order valence-electron chi connectivity index (χ3n) is 2.70. The first-order valence-corrected chi connectivity index (χ1v) is 5.55. The highest BCUT2D eigenvalue weighted by atomic mass is 16.4. The molecule has 0 amide bonds. The number of nitriles is 1. The van der Waals surface area contributed by atoms with Crippen LogP contribution < -0.4 is 0 Å². The molecule has 0 aliphatic heterocycles. The molecule has 1 heterocycles. The zero-order valence-electron chi connectivity index (χ0n) is 9.71. The lowest BCUT2D eigenvalue weighted by atomic mass is 10.2. The van der Waals surface area contributed by atoms with Gasteiger partial charge < -0.3 is 9.67 Å². The lowest BCUT2D eigenvalue weighted by Gasteiger charge is -2.09. The van der Waals surface area contributed by atoms with Crippen LogP contribution in [0.15, 0.2) is 42.5 Å². The maximum absolute atomic E-state index is 10.8. The molecule has 90 valence electrons. The summed E-state index contributed by atoms with van der Waals surface area (Å²) in [5.41, 5.74) is 2.16. The van der Waals surface area contributed by atoms with Gasteiger partial charge in [0.2, 0.25) is 0 Å². The quantitative estimate of drug-likeness (QED) is 0.889. The van der Waals surface area contributed by atoms with Gasteiger partial charge in [-0.1, -0.05) is 30.3 Å². The van der Waals surface area contributed by atoms with Crippen LogP contribution in [-0.2, 0) is 17.8 Å². The summed E-state index contributed by atoms with van der Waals surface area (Å²) in [4.78, 5) is 10.8. The molecule has 0 saturated carbocycles. The van der Waals surface area contributed by atoms with Gasteiger partial charge in [-0.05, 0) is 17.7 Å². The number of benzene rings is 1. The maximum Gasteiger partial charge on any atom is 0.309 e. The number of hydrogen-bond acceptors (Lipinski definition) is 2. The Hall–Kier alpha value is -2.54. The van der Waals surface area contributed by atoms with Crippen LogP contribution in [0.25, 0.3) is 0 Å². The number of aliphatic carboxylic acids is 1. The summed E-state index contributed by atoms with van der Waals surface area (Å²) in [7, 11) is 0. The highest BCUT2D eigenvalue weighted by molar-refractivity contribution is 5.69. The molecule has 2 aromatic rings. The van der Waals surface area contributed by atoms with Crippen molar-refractivity contribution in [2.24, 2.45) is 0 Å². The smallest absolute Gasteiger partial charge is 0.309 e. The molecule has 0 spiro atoms. The Morgan fingerprint density at radius 3 is 2.56 bits per heavy atom. The van der Waals surface area contributed by atoms with Gasteiger partial charge in [-0.3, -0.25) is 4.79 Å². The Morgan fingerprint density at radius 2 is 1.94 bits per heavy atom. The minimum absolute atomic E-state index is 0.0749. The Morgan fingerprint density at radius 1 is 1.22 bits per heavy atom. The van der Waals surface area contributed by atoms with Crippen molar-refractivity contribution in [1.82, 2.24) is 4.57 Å². The number of aromatic nitrogens is 1. The van der Waals surface area contributed by atoms with Gasteiger partial charge in [0.15, 0.2) is 0 Å². The van der Waals surface area contributed by atoms with E-state index >= 15 is 0 Å². The SMILES string of the molecule is N#Cc1ccc(CC(=O)O)n1Cc1ccccc1. The molecule has 0 saturated heterocycles. The van der Waals surface area contributed by atoms with E-state index in [4.69, 9.17) is 10.4 Å². The van der Waals surface area contributed by atoms with E-state index in [1.807, 2.05) is 30.3 Å². The summed E-state index contributed by atoms with van der Waals surface area (Å²) in [5.74, 6) is -0.896. The largest absolute Gasteiger partial charge is 0.481 e. The summed E-state index contributed by atoms with van der Waals surface area (Å²) in [6.07, 6.45) is -0.0749. The maximum atomic E-state index is 10.8. The van der Waals surface area contributed by atoms with E-state index < -0.39 is 5.97 Å². The molecule has 0 atom stereocenters. The van der Waals surface area contributed by atoms with Crippen molar-refractivity contribution in [2.75, 3.05) is 0 Å². The number of nitrogens with zero attached hydrogens (tertiary/aromatic N) is 2. The van der Waals surface area contributed by atoms with Gasteiger partial charge in [-0.2, -0.15) is 5.26 Å². The lowest BCUT2D eigenvalue weighted by Crippen LogP contribution is -2.10. The number of carboxylic acids is 1. The van der Waals surface area contributed by atoms with Crippen LogP contribution in [0.2, 0.25) is 0 Å². The average molecular weight is 240 g/mol. The summed E-state index contributed by atoms with van der Waals surface area (Å²) in [5, 5.41) is 17.9. The number of hydrogen-bond donors (Lipinski definition) is 1. The van der Waals surface area contributed by atoms with Crippen molar-refractivity contribution >= 4 is 5.97 Å². The Kier molecular flexibility index (Phi) is 3.44. The van der Waals surface area contributed by atoms with Crippen LogP contribution >= 0.6 is 0 Å². The van der Waals surface area contributed by atoms with Crippen LogP contribution in [0.3, 0.4) is 0 Å². The molecule has 0 bridgehead atoms. The van der Waals surface area contributed by atoms with E-state index in [-0.39, 0.29) is 6.42 Å². The molecule has 18 heavy (non-hydrogen) atoms. The average Bonchev–Trinajstić information content (AvgIpc) is 2.72. The van der Waals surface area contributed by atoms with Crippen molar-refractivity contribution in [3.8, 4) is 6.07 Å². The molecule has 0 fully saturated rings. The van der Waals surface area contributed by atoms with E-state index in [1.54, 1.807) is 16.7 Å². The van der Waals surface area contributed by atoms with Crippen molar-refractivity contribution in [3.63, 3.8) is 0 Å². The molecule has 1 aromatic carbocycles. The highest BCUT2D eigenvalue weighted by Crippen LogP contribution is 2.13. The second-order valence-electron chi connectivity index (χ2n) is 3.96. The van der Waals surface area contributed by atoms with Crippen LogP contribution in [0.4, 0.5) is 0 Å². The summed E-state index contributed by atoms with van der Waals surface area (Å²) in [6, 6.07) is 15.1. The van der Waals surface area contributed by atoms with Crippen molar-refractivity contribution < 1.29 is 9.90 Å². The van der Waals surface area contributed by atoms with Gasteiger partial charge in [0, 0.05) is 12.2 Å². The standard InChI is InChI=1S/C14H12N2O2/c15-9-13-7-6-12(8-14(17)18)16(13)10-11-4-2-1-3-5-11/h1-7H,8,10H2,(H,17,18). The summed E-state index contributed by atoms with van der Waals surface area (Å²) < 4.78 is 1.74. The fourth-order valence-corrected chi connectivity index (χ4v) is 1.87. The molecule has 0 aliphatic carbocycles. The van der Waals surface area contributed by atoms with E-state index in [0.29, 0.717) is 17.9 Å². The minimum atomic E-state index is -0.896. The van der Waals surface area contributed by atoms with Crippen LogP contribution in [0, 0.1) is 11.3 Å². The van der Waals surface area contributed by atoms with Gasteiger partial charge >= 0.3 is 5.97 Å². The van der Waals surface area contributed by atoms with E-state index in [2.05, 4.69) is 6.07 Å². The van der Waals surface area contributed by atoms with Gasteiger partial charge in [-0.15, -0.1) is 0 Å². The predicted octanol–water partition coefficient (Wildman–Crippen LogP) is 2.04. The molecule has 1 aromatic heterocycles. The number of carbonyl (C=O) groups is 1. The van der Waals surface area contributed by atoms with Crippen LogP contribution in [-0.4, -0.2) is 15.6 Å². The Balaban J connectivity index is 2.33. The van der Waals surface area contributed by atoms with Crippen molar-refractivity contribution in [1.29, 1.82) is 5.26 Å². The third-order valence-corrected chi connectivity index (χ3v) is 2.70. The zero-order chi connectivity index (χ0) is 13.0. The van der Waals surface area contributed by atoms with Crippen LogP contribution in [0.5, 0.6) is 0 Å². The molecule has 0 aliphatic rings. The molecule has 4 heteroatoms. The molecule has 1 N–H and O–H groups in total. The van der Waals surface area contributed by atoms with Crippen LogP contribution in [0.1, 0.15) is 17.0 Å². The molecule has 4 nitrogen and oxygen atoms in total. The van der Waals surface area contributed by atoms with Gasteiger partial charge in [-0.25, -0.2) is 0 Å². The first kappa shape index (κ1) is 11.9. The third kappa shape index (κ3) is 2.58. The first-order valence-electron chi connectivity index (χ1n) is 5.55. The van der Waals surface area contributed by atoms with E-state index in [1.165, 1.54) is 0 Å². The second kappa shape index (κ2) is 5.19. The molecule has 2 rings (SSSR count). The predicted molar refractivity (Wildman–Crippen MR) is 66.0 cm³/mol. The Labute approximate surface area is 105 Å². The van der Waals surface area contributed by atoms with Crippen molar-refractivity contribution in [3.05, 3.63) is 59.4 Å². The van der Waals surface area contributed by atoms with E-state index in [0.717, 1.165) is 5.56 Å². The highest BCUT2D eigenvalue weighted by Gasteiger charge is 2.11. The summed E-state index contributed by atoms with van der Waals surface area (Å²) >= 11 is 0. The minimum Gasteiger partial charge on any atom is -0.481 e. The van der Waals surface area contributed by atoms with Gasteiger partial charge in [0.05, 0.1) is 6.42 Å². The molecular weight excluding hydrogens is 228 g/mol. The molecule has 0 unspecified atom stereocenters. The summed E-state index contributed by atoms with van der Waals surface area (Å²) in [6.45, 7) is 0.513. The zero-order valence-corrected chi connectivity index (χ0v) is 9.71. The number of rotatable bonds is 4. The molecule has 0 radical (unpaired) electrons. The normalized spacial score (nSPS) is 9.94. The van der Waals surface area contributed by atoms with Gasteiger partial charge in [0.25, 0.3) is 0 Å². The lowest BCUT2D eigenvalue weighted by molar-refractivity contribution is -0.136. The topological polar surface area (TPSA) is 66.0 Å². The monoisotopic (exact) mass is 240 g/mol. The second-order valence-corrected chi connectivity index (χ2v) is 3.96. The van der Waals surface area contributed by atoms with E-state index in [9.17, 15) is 4.79 Å². The molecular formula is C14H12N2O2.